The van der Waals surface area contributed by atoms with Crippen molar-refractivity contribution in [3.8, 4) is 5.75 Å². The molecule has 1 amide bonds. The molecular formula is C25H31ClF3N3O4. The first-order valence-corrected chi connectivity index (χ1v) is 12.2. The van der Waals surface area contributed by atoms with Gasteiger partial charge < -0.3 is 20.1 Å². The van der Waals surface area contributed by atoms with Crippen LogP contribution in [0.4, 0.5) is 18.9 Å². The van der Waals surface area contributed by atoms with Gasteiger partial charge in [0.25, 0.3) is 5.91 Å². The van der Waals surface area contributed by atoms with Crippen molar-refractivity contribution >= 4 is 29.2 Å². The number of anilines is 1. The average molecular weight is 530 g/mol. The Morgan fingerprint density at radius 1 is 1.17 bits per heavy atom. The molecule has 36 heavy (non-hydrogen) atoms. The standard InChI is InChI=1S/C23H30ClN3O2.C2HF3O2/c1-2-13-27(21-6-4-3-5-7-21)23(28)18-15-19(24)17-22(16-18)29-14-12-26-20-8-10-25-11-9-20;3-2(4,5)1(6)7/h8-11,15-17,21H,2-7,12-14H2,1H3,(H,25,26);(H,6,7). The number of hydrogen-bond acceptors (Lipinski definition) is 5. The van der Waals surface area contributed by atoms with Crippen molar-refractivity contribution in [3.05, 3.63) is 53.3 Å². The van der Waals surface area contributed by atoms with Crippen LogP contribution in [0, 0.1) is 0 Å². The number of aliphatic carboxylic acids is 1. The molecule has 1 aromatic heterocycles. The molecule has 1 fully saturated rings. The predicted octanol–water partition coefficient (Wildman–Crippen LogP) is 6.04. The molecule has 2 aromatic rings. The fourth-order valence-corrected chi connectivity index (χ4v) is 4.08. The largest absolute Gasteiger partial charge is 0.492 e. The number of pyridine rings is 1. The van der Waals surface area contributed by atoms with E-state index < -0.39 is 12.1 Å². The van der Waals surface area contributed by atoms with Crippen molar-refractivity contribution < 1.29 is 32.6 Å². The van der Waals surface area contributed by atoms with E-state index in [1.807, 2.05) is 23.1 Å². The summed E-state index contributed by atoms with van der Waals surface area (Å²) < 4.78 is 37.6. The van der Waals surface area contributed by atoms with Crippen molar-refractivity contribution in [2.45, 2.75) is 57.7 Å². The SMILES string of the molecule is CCCN(C(=O)c1cc(Cl)cc(OCCNc2ccncc2)c1)C1CCCCC1.O=C(O)C(F)(F)F. The van der Waals surface area contributed by atoms with Gasteiger partial charge in [-0.2, -0.15) is 13.2 Å². The van der Waals surface area contributed by atoms with Crippen LogP contribution in [-0.2, 0) is 4.79 Å². The predicted molar refractivity (Wildman–Crippen MR) is 132 cm³/mol. The molecule has 0 saturated heterocycles. The number of carboxylic acids is 1. The number of aromatic nitrogens is 1. The quantitative estimate of drug-likeness (QED) is 0.385. The van der Waals surface area contributed by atoms with Crippen molar-refractivity contribution in [2.75, 3.05) is 25.0 Å². The van der Waals surface area contributed by atoms with Crippen molar-refractivity contribution in [1.82, 2.24) is 9.88 Å². The summed E-state index contributed by atoms with van der Waals surface area (Å²) in [7, 11) is 0. The van der Waals surface area contributed by atoms with Gasteiger partial charge in [-0.25, -0.2) is 4.79 Å². The lowest BCUT2D eigenvalue weighted by Gasteiger charge is -2.34. The summed E-state index contributed by atoms with van der Waals surface area (Å²) in [6.07, 6.45) is 5.21. The van der Waals surface area contributed by atoms with Crippen LogP contribution in [-0.4, -0.2) is 58.8 Å². The third kappa shape index (κ3) is 9.93. The number of ether oxygens (including phenoxy) is 1. The summed E-state index contributed by atoms with van der Waals surface area (Å²) in [6, 6.07) is 9.47. The molecule has 1 saturated carbocycles. The van der Waals surface area contributed by atoms with Gasteiger partial charge in [0, 0.05) is 47.8 Å². The Morgan fingerprint density at radius 2 is 1.81 bits per heavy atom. The molecule has 1 heterocycles. The highest BCUT2D eigenvalue weighted by molar-refractivity contribution is 6.31. The third-order valence-corrected chi connectivity index (χ3v) is 5.70. The highest BCUT2D eigenvalue weighted by Gasteiger charge is 2.38. The second kappa shape index (κ2) is 14.5. The first kappa shape index (κ1) is 29.2. The maximum Gasteiger partial charge on any atom is 0.490 e. The van der Waals surface area contributed by atoms with Crippen LogP contribution in [0.3, 0.4) is 0 Å². The van der Waals surface area contributed by atoms with E-state index in [2.05, 4.69) is 17.2 Å². The van der Waals surface area contributed by atoms with E-state index in [1.54, 1.807) is 24.5 Å². The molecule has 198 valence electrons. The molecule has 0 atom stereocenters. The Kier molecular flexibility index (Phi) is 11.8. The molecule has 0 unspecified atom stereocenters. The minimum absolute atomic E-state index is 0.0565. The Labute approximate surface area is 213 Å². The Hall–Kier alpha value is -3.01. The van der Waals surface area contributed by atoms with Crippen molar-refractivity contribution in [1.29, 1.82) is 0 Å². The molecule has 7 nitrogen and oxygen atoms in total. The fourth-order valence-electron chi connectivity index (χ4n) is 3.85. The number of benzene rings is 1. The number of nitrogens with zero attached hydrogens (tertiary/aromatic N) is 2. The van der Waals surface area contributed by atoms with Crippen molar-refractivity contribution in [3.63, 3.8) is 0 Å². The van der Waals surface area contributed by atoms with E-state index >= 15 is 0 Å². The lowest BCUT2D eigenvalue weighted by molar-refractivity contribution is -0.192. The third-order valence-electron chi connectivity index (χ3n) is 5.48. The molecule has 0 radical (unpaired) electrons. The van der Waals surface area contributed by atoms with Crippen LogP contribution in [0.1, 0.15) is 55.8 Å². The lowest BCUT2D eigenvalue weighted by Crippen LogP contribution is -2.42. The lowest BCUT2D eigenvalue weighted by atomic mass is 9.93. The molecule has 2 N–H and O–H groups in total. The maximum atomic E-state index is 13.2. The maximum absolute atomic E-state index is 13.2. The molecular weight excluding hydrogens is 499 g/mol. The van der Waals surface area contributed by atoms with Gasteiger partial charge in [0.1, 0.15) is 12.4 Å². The second-order valence-electron chi connectivity index (χ2n) is 8.28. The van der Waals surface area contributed by atoms with Gasteiger partial charge in [-0.3, -0.25) is 9.78 Å². The van der Waals surface area contributed by atoms with E-state index in [0.717, 1.165) is 31.5 Å². The van der Waals surface area contributed by atoms with Crippen LogP contribution in [0.2, 0.25) is 5.02 Å². The Morgan fingerprint density at radius 3 is 2.39 bits per heavy atom. The molecule has 1 aliphatic rings. The molecule has 1 aliphatic carbocycles. The Bertz CT molecular complexity index is 971. The zero-order valence-corrected chi connectivity index (χ0v) is 20.8. The molecule has 0 bridgehead atoms. The van der Waals surface area contributed by atoms with Crippen LogP contribution in [0.5, 0.6) is 5.75 Å². The smallest absolute Gasteiger partial charge is 0.490 e. The van der Waals surface area contributed by atoms with Gasteiger partial charge in [0.2, 0.25) is 0 Å². The van der Waals surface area contributed by atoms with E-state index in [0.29, 0.717) is 35.5 Å². The minimum atomic E-state index is -5.08. The zero-order valence-electron chi connectivity index (χ0n) is 20.1. The summed E-state index contributed by atoms with van der Waals surface area (Å²) in [4.78, 5) is 28.2. The summed E-state index contributed by atoms with van der Waals surface area (Å²) in [6.45, 7) is 4.01. The number of carbonyl (C=O) groups is 2. The van der Waals surface area contributed by atoms with Crippen LogP contribution < -0.4 is 10.1 Å². The number of alkyl halides is 3. The van der Waals surface area contributed by atoms with E-state index in [4.69, 9.17) is 26.2 Å². The minimum Gasteiger partial charge on any atom is -0.492 e. The summed E-state index contributed by atoms with van der Waals surface area (Å²) in [5.41, 5.74) is 1.60. The number of carboxylic acid groups (broad SMARTS) is 1. The number of rotatable bonds is 9. The molecule has 0 spiro atoms. The monoisotopic (exact) mass is 529 g/mol. The van der Waals surface area contributed by atoms with Crippen LogP contribution in [0.25, 0.3) is 0 Å². The van der Waals surface area contributed by atoms with Crippen LogP contribution >= 0.6 is 11.6 Å². The number of carbonyl (C=O) groups excluding carboxylic acids is 1. The first-order valence-electron chi connectivity index (χ1n) is 11.8. The molecule has 1 aromatic carbocycles. The number of halogens is 4. The van der Waals surface area contributed by atoms with Gasteiger partial charge in [0.05, 0.1) is 0 Å². The molecule has 3 rings (SSSR count). The average Bonchev–Trinajstić information content (AvgIpc) is 2.85. The summed E-state index contributed by atoms with van der Waals surface area (Å²) in [5.74, 6) is -2.08. The number of hydrogen-bond donors (Lipinski definition) is 2. The Balaban J connectivity index is 0.000000572. The topological polar surface area (TPSA) is 91.8 Å². The summed E-state index contributed by atoms with van der Waals surface area (Å²) >= 11 is 6.30. The highest BCUT2D eigenvalue weighted by atomic mass is 35.5. The van der Waals surface area contributed by atoms with Gasteiger partial charge in [-0.15, -0.1) is 0 Å². The van der Waals surface area contributed by atoms with Crippen molar-refractivity contribution in [2.24, 2.45) is 0 Å². The fraction of sp³-hybridized carbons (Fsp3) is 0.480. The zero-order chi connectivity index (χ0) is 26.6. The normalized spacial score (nSPS) is 13.8. The van der Waals surface area contributed by atoms with Gasteiger partial charge in [-0.05, 0) is 49.6 Å². The molecule has 0 aliphatic heterocycles. The number of amides is 1. The highest BCUT2D eigenvalue weighted by Crippen LogP contribution is 2.27. The van der Waals surface area contributed by atoms with Crippen LogP contribution in [0.15, 0.2) is 42.7 Å². The van der Waals surface area contributed by atoms with Gasteiger partial charge in [-0.1, -0.05) is 37.8 Å². The number of nitrogens with one attached hydrogen (secondary N) is 1. The van der Waals surface area contributed by atoms with Gasteiger partial charge in [0.15, 0.2) is 0 Å². The van der Waals surface area contributed by atoms with E-state index in [-0.39, 0.29) is 5.91 Å². The first-order chi connectivity index (χ1) is 17.1. The summed E-state index contributed by atoms with van der Waals surface area (Å²) in [5, 5.41) is 10.9. The van der Waals surface area contributed by atoms with E-state index in [9.17, 15) is 18.0 Å². The molecule has 11 heteroatoms. The van der Waals surface area contributed by atoms with Gasteiger partial charge >= 0.3 is 12.1 Å². The second-order valence-corrected chi connectivity index (χ2v) is 8.72. The van der Waals surface area contributed by atoms with E-state index in [1.165, 1.54) is 19.3 Å².